The third-order valence-electron chi connectivity index (χ3n) is 3.35. The van der Waals surface area contributed by atoms with Crippen LogP contribution in [0.1, 0.15) is 44.2 Å². The average molecular weight is 280 g/mol. The molecule has 112 valence electrons. The van der Waals surface area contributed by atoms with Gasteiger partial charge in [0.25, 0.3) is 0 Å². The number of unbranched alkanes of at least 4 members (excludes halogenated alkanes) is 1. The third-order valence-corrected chi connectivity index (χ3v) is 3.35. The quantitative estimate of drug-likeness (QED) is 0.793. The Morgan fingerprint density at radius 3 is 2.50 bits per heavy atom. The van der Waals surface area contributed by atoms with Gasteiger partial charge in [0.2, 0.25) is 5.91 Å². The first-order valence-corrected chi connectivity index (χ1v) is 7.23. The molecule has 0 radical (unpaired) electrons. The SMILES string of the molecule is CCCCC(NCCC(=O)N(C)C)c1ccc(F)cc1. The number of halogens is 1. The maximum Gasteiger partial charge on any atom is 0.223 e. The zero-order chi connectivity index (χ0) is 15.0. The summed E-state index contributed by atoms with van der Waals surface area (Å²) in [6, 6.07) is 6.79. The second-order valence-corrected chi connectivity index (χ2v) is 5.24. The standard InChI is InChI=1S/C16H25FN2O/c1-4-5-6-15(13-7-9-14(17)10-8-13)18-12-11-16(20)19(2)3/h7-10,15,18H,4-6,11-12H2,1-3H3. The lowest BCUT2D eigenvalue weighted by Crippen LogP contribution is -2.29. The molecule has 0 fully saturated rings. The molecule has 4 heteroatoms. The average Bonchev–Trinajstić information content (AvgIpc) is 2.43. The Hall–Kier alpha value is -1.42. The number of carbonyl (C=O) groups is 1. The molecule has 1 amide bonds. The Labute approximate surface area is 121 Å². The Morgan fingerprint density at radius 2 is 1.95 bits per heavy atom. The smallest absolute Gasteiger partial charge is 0.223 e. The second kappa shape index (κ2) is 8.69. The first-order chi connectivity index (χ1) is 9.54. The molecule has 20 heavy (non-hydrogen) atoms. The van der Waals surface area contributed by atoms with E-state index in [4.69, 9.17) is 0 Å². The maximum atomic E-state index is 13.0. The molecule has 1 aromatic carbocycles. The van der Waals surface area contributed by atoms with E-state index >= 15 is 0 Å². The van der Waals surface area contributed by atoms with Crippen LogP contribution in [0.25, 0.3) is 0 Å². The molecule has 0 aromatic heterocycles. The van der Waals surface area contributed by atoms with Crippen LogP contribution in [0.15, 0.2) is 24.3 Å². The molecule has 1 unspecified atom stereocenters. The van der Waals surface area contributed by atoms with Gasteiger partial charge in [-0.3, -0.25) is 4.79 Å². The molecule has 1 atom stereocenters. The summed E-state index contributed by atoms with van der Waals surface area (Å²) in [5, 5.41) is 3.41. The number of hydrogen-bond donors (Lipinski definition) is 1. The summed E-state index contributed by atoms with van der Waals surface area (Å²) >= 11 is 0. The largest absolute Gasteiger partial charge is 0.349 e. The van der Waals surface area contributed by atoms with Crippen LogP contribution in [0.3, 0.4) is 0 Å². The van der Waals surface area contributed by atoms with E-state index in [0.717, 1.165) is 24.8 Å². The molecule has 0 aliphatic heterocycles. The van der Waals surface area contributed by atoms with Crippen molar-refractivity contribution in [3.63, 3.8) is 0 Å². The monoisotopic (exact) mass is 280 g/mol. The molecule has 0 spiro atoms. The predicted molar refractivity (Wildman–Crippen MR) is 80.0 cm³/mol. The fraction of sp³-hybridized carbons (Fsp3) is 0.562. The van der Waals surface area contributed by atoms with Crippen molar-refractivity contribution < 1.29 is 9.18 Å². The van der Waals surface area contributed by atoms with Gasteiger partial charge in [0, 0.05) is 33.1 Å². The normalized spacial score (nSPS) is 12.2. The lowest BCUT2D eigenvalue weighted by atomic mass is 10.0. The number of amides is 1. The lowest BCUT2D eigenvalue weighted by molar-refractivity contribution is -0.128. The van der Waals surface area contributed by atoms with Crippen molar-refractivity contribution >= 4 is 5.91 Å². The molecule has 0 saturated heterocycles. The minimum absolute atomic E-state index is 0.117. The van der Waals surface area contributed by atoms with E-state index in [9.17, 15) is 9.18 Å². The van der Waals surface area contributed by atoms with Crippen molar-refractivity contribution in [1.82, 2.24) is 10.2 Å². The molecule has 1 aromatic rings. The Kier molecular flexibility index (Phi) is 7.23. The maximum absolute atomic E-state index is 13.0. The molecule has 1 rings (SSSR count). The summed E-state index contributed by atoms with van der Waals surface area (Å²) in [7, 11) is 3.52. The minimum atomic E-state index is -0.217. The topological polar surface area (TPSA) is 32.3 Å². The molecule has 0 saturated carbocycles. The van der Waals surface area contributed by atoms with Crippen LogP contribution in [0.2, 0.25) is 0 Å². The highest BCUT2D eigenvalue weighted by Crippen LogP contribution is 2.19. The molecular weight excluding hydrogens is 255 g/mol. The van der Waals surface area contributed by atoms with Gasteiger partial charge in [-0.1, -0.05) is 31.9 Å². The van der Waals surface area contributed by atoms with Crippen molar-refractivity contribution in [2.24, 2.45) is 0 Å². The summed E-state index contributed by atoms with van der Waals surface area (Å²) in [5.41, 5.74) is 1.08. The zero-order valence-electron chi connectivity index (χ0n) is 12.7. The van der Waals surface area contributed by atoms with Crippen molar-refractivity contribution in [3.05, 3.63) is 35.6 Å². The van der Waals surface area contributed by atoms with Gasteiger partial charge in [0.1, 0.15) is 5.82 Å². The summed E-state index contributed by atoms with van der Waals surface area (Å²) < 4.78 is 13.0. The number of benzene rings is 1. The minimum Gasteiger partial charge on any atom is -0.349 e. The van der Waals surface area contributed by atoms with Gasteiger partial charge in [-0.2, -0.15) is 0 Å². The van der Waals surface area contributed by atoms with Crippen LogP contribution >= 0.6 is 0 Å². The van der Waals surface area contributed by atoms with Gasteiger partial charge in [-0.15, -0.1) is 0 Å². The van der Waals surface area contributed by atoms with Gasteiger partial charge in [0.05, 0.1) is 0 Å². The van der Waals surface area contributed by atoms with Crippen LogP contribution in [-0.4, -0.2) is 31.4 Å². The molecular formula is C16H25FN2O. The summed E-state index contributed by atoms with van der Waals surface area (Å²) in [6.07, 6.45) is 3.71. The molecule has 0 heterocycles. The van der Waals surface area contributed by atoms with Crippen LogP contribution in [-0.2, 0) is 4.79 Å². The third kappa shape index (κ3) is 5.70. The van der Waals surface area contributed by atoms with Crippen molar-refractivity contribution in [1.29, 1.82) is 0 Å². The highest BCUT2D eigenvalue weighted by atomic mass is 19.1. The van der Waals surface area contributed by atoms with E-state index in [-0.39, 0.29) is 17.8 Å². The van der Waals surface area contributed by atoms with Gasteiger partial charge in [-0.05, 0) is 24.1 Å². The Bertz CT molecular complexity index is 403. The first kappa shape index (κ1) is 16.6. The van der Waals surface area contributed by atoms with E-state index in [1.165, 1.54) is 12.1 Å². The van der Waals surface area contributed by atoms with E-state index in [1.54, 1.807) is 19.0 Å². The summed E-state index contributed by atoms with van der Waals surface area (Å²) in [4.78, 5) is 13.2. The second-order valence-electron chi connectivity index (χ2n) is 5.24. The van der Waals surface area contributed by atoms with Gasteiger partial charge in [-0.25, -0.2) is 4.39 Å². The number of nitrogens with one attached hydrogen (secondary N) is 1. The van der Waals surface area contributed by atoms with E-state index in [1.807, 2.05) is 12.1 Å². The Balaban J connectivity index is 2.56. The van der Waals surface area contributed by atoms with E-state index in [0.29, 0.717) is 13.0 Å². The number of hydrogen-bond acceptors (Lipinski definition) is 2. The van der Waals surface area contributed by atoms with Crippen LogP contribution in [0.4, 0.5) is 4.39 Å². The highest BCUT2D eigenvalue weighted by molar-refractivity contribution is 5.75. The molecule has 1 N–H and O–H groups in total. The summed E-state index contributed by atoms with van der Waals surface area (Å²) in [5.74, 6) is -0.100. The van der Waals surface area contributed by atoms with Gasteiger partial charge >= 0.3 is 0 Å². The van der Waals surface area contributed by atoms with Crippen molar-refractivity contribution in [2.75, 3.05) is 20.6 Å². The fourth-order valence-corrected chi connectivity index (χ4v) is 2.07. The number of carbonyl (C=O) groups excluding carboxylic acids is 1. The van der Waals surface area contributed by atoms with Crippen molar-refractivity contribution in [3.8, 4) is 0 Å². The first-order valence-electron chi connectivity index (χ1n) is 7.23. The highest BCUT2D eigenvalue weighted by Gasteiger charge is 2.11. The number of rotatable bonds is 8. The van der Waals surface area contributed by atoms with Crippen LogP contribution in [0, 0.1) is 5.82 Å². The molecule has 0 aliphatic carbocycles. The molecule has 3 nitrogen and oxygen atoms in total. The van der Waals surface area contributed by atoms with Crippen LogP contribution < -0.4 is 5.32 Å². The lowest BCUT2D eigenvalue weighted by Gasteiger charge is -2.19. The Morgan fingerprint density at radius 1 is 1.30 bits per heavy atom. The van der Waals surface area contributed by atoms with Crippen molar-refractivity contribution in [2.45, 2.75) is 38.6 Å². The molecule has 0 aliphatic rings. The van der Waals surface area contributed by atoms with Gasteiger partial charge < -0.3 is 10.2 Å². The number of nitrogens with zero attached hydrogens (tertiary/aromatic N) is 1. The zero-order valence-corrected chi connectivity index (χ0v) is 12.7. The molecule has 0 bridgehead atoms. The van der Waals surface area contributed by atoms with E-state index in [2.05, 4.69) is 12.2 Å². The fourth-order valence-electron chi connectivity index (χ4n) is 2.07. The summed E-state index contributed by atoms with van der Waals surface area (Å²) in [6.45, 7) is 2.79. The van der Waals surface area contributed by atoms with Gasteiger partial charge in [0.15, 0.2) is 0 Å². The van der Waals surface area contributed by atoms with Crippen LogP contribution in [0.5, 0.6) is 0 Å². The van der Waals surface area contributed by atoms with E-state index < -0.39 is 0 Å². The predicted octanol–water partition coefficient (Wildman–Crippen LogP) is 3.12.